The summed E-state index contributed by atoms with van der Waals surface area (Å²) in [6.07, 6.45) is 0.201. The summed E-state index contributed by atoms with van der Waals surface area (Å²) in [5.41, 5.74) is 1.72. The molecule has 0 aromatic heterocycles. The van der Waals surface area contributed by atoms with Gasteiger partial charge in [-0.3, -0.25) is 4.79 Å². The van der Waals surface area contributed by atoms with Crippen molar-refractivity contribution >= 4 is 5.78 Å². The van der Waals surface area contributed by atoms with Crippen molar-refractivity contribution in [3.63, 3.8) is 0 Å². The molecule has 2 rings (SSSR count). The number of ether oxygens (including phenoxy) is 1. The summed E-state index contributed by atoms with van der Waals surface area (Å²) in [6, 6.07) is 11.9. The first-order chi connectivity index (χ1) is 9.11. The summed E-state index contributed by atoms with van der Waals surface area (Å²) in [5, 5.41) is 0. The number of carbonyl (C=O) groups excluding carboxylic acids is 1. The van der Waals surface area contributed by atoms with Crippen LogP contribution in [-0.4, -0.2) is 12.9 Å². The lowest BCUT2D eigenvalue weighted by atomic mass is 10.0. The van der Waals surface area contributed by atoms with E-state index in [1.165, 1.54) is 6.07 Å². The van der Waals surface area contributed by atoms with Crippen LogP contribution in [0.1, 0.15) is 21.5 Å². The monoisotopic (exact) mass is 258 g/mol. The van der Waals surface area contributed by atoms with Crippen molar-refractivity contribution in [3.05, 3.63) is 65.0 Å². The van der Waals surface area contributed by atoms with Gasteiger partial charge in [0.15, 0.2) is 5.78 Å². The van der Waals surface area contributed by atoms with Crippen molar-refractivity contribution in [1.29, 1.82) is 0 Å². The summed E-state index contributed by atoms with van der Waals surface area (Å²) in [4.78, 5) is 12.1. The first-order valence-electron chi connectivity index (χ1n) is 6.03. The molecule has 0 aliphatic carbocycles. The van der Waals surface area contributed by atoms with Crippen LogP contribution in [0.15, 0.2) is 42.5 Å². The van der Waals surface area contributed by atoms with Gasteiger partial charge in [-0.15, -0.1) is 0 Å². The Morgan fingerprint density at radius 1 is 1.21 bits per heavy atom. The van der Waals surface area contributed by atoms with Crippen molar-refractivity contribution in [2.45, 2.75) is 13.3 Å². The Kier molecular flexibility index (Phi) is 3.95. The molecule has 2 aromatic carbocycles. The van der Waals surface area contributed by atoms with Gasteiger partial charge < -0.3 is 4.74 Å². The maximum absolute atomic E-state index is 13.4. The minimum atomic E-state index is -0.356. The Morgan fingerprint density at radius 3 is 2.63 bits per heavy atom. The number of rotatable bonds is 4. The van der Waals surface area contributed by atoms with E-state index in [0.29, 0.717) is 16.9 Å². The zero-order valence-corrected chi connectivity index (χ0v) is 10.9. The maximum Gasteiger partial charge on any atom is 0.167 e. The van der Waals surface area contributed by atoms with Gasteiger partial charge in [-0.1, -0.05) is 30.3 Å². The number of hydrogen-bond donors (Lipinski definition) is 0. The summed E-state index contributed by atoms with van der Waals surface area (Å²) >= 11 is 0. The van der Waals surface area contributed by atoms with Crippen LogP contribution >= 0.6 is 0 Å². The fourth-order valence-electron chi connectivity index (χ4n) is 1.89. The zero-order chi connectivity index (χ0) is 13.8. The Morgan fingerprint density at radius 2 is 1.95 bits per heavy atom. The zero-order valence-electron chi connectivity index (χ0n) is 10.9. The number of halogens is 1. The molecule has 0 aliphatic heterocycles. The Hall–Kier alpha value is -2.16. The lowest BCUT2D eigenvalue weighted by molar-refractivity contribution is 0.0991. The van der Waals surface area contributed by atoms with Crippen molar-refractivity contribution in [1.82, 2.24) is 0 Å². The quantitative estimate of drug-likeness (QED) is 0.784. The predicted molar refractivity (Wildman–Crippen MR) is 72.2 cm³/mol. The van der Waals surface area contributed by atoms with Crippen molar-refractivity contribution in [2.24, 2.45) is 0 Å². The molecule has 98 valence electrons. The van der Waals surface area contributed by atoms with E-state index in [1.54, 1.807) is 32.2 Å². The molecule has 0 spiro atoms. The van der Waals surface area contributed by atoms with Gasteiger partial charge in [0.2, 0.25) is 0 Å². The van der Waals surface area contributed by atoms with E-state index in [2.05, 4.69) is 0 Å². The van der Waals surface area contributed by atoms with Crippen LogP contribution in [0.3, 0.4) is 0 Å². The third-order valence-corrected chi connectivity index (χ3v) is 3.04. The maximum atomic E-state index is 13.4. The molecule has 0 N–H and O–H groups in total. The first-order valence-corrected chi connectivity index (χ1v) is 6.03. The summed E-state index contributed by atoms with van der Waals surface area (Å²) in [7, 11) is 1.56. The van der Waals surface area contributed by atoms with Gasteiger partial charge in [0, 0.05) is 17.5 Å². The topological polar surface area (TPSA) is 26.3 Å². The lowest BCUT2D eigenvalue weighted by Gasteiger charge is -2.08. The number of hydrogen-bond acceptors (Lipinski definition) is 2. The van der Waals surface area contributed by atoms with Crippen LogP contribution in [0, 0.1) is 12.7 Å². The molecule has 0 aliphatic rings. The number of ketones is 1. The van der Waals surface area contributed by atoms with Gasteiger partial charge in [-0.2, -0.15) is 0 Å². The van der Waals surface area contributed by atoms with Gasteiger partial charge >= 0.3 is 0 Å². The van der Waals surface area contributed by atoms with Crippen LogP contribution in [0.2, 0.25) is 0 Å². The molecule has 0 fully saturated rings. The van der Waals surface area contributed by atoms with E-state index in [4.69, 9.17) is 4.74 Å². The molecule has 0 saturated carbocycles. The van der Waals surface area contributed by atoms with E-state index in [1.807, 2.05) is 18.2 Å². The van der Waals surface area contributed by atoms with Gasteiger partial charge in [0.25, 0.3) is 0 Å². The van der Waals surface area contributed by atoms with E-state index in [-0.39, 0.29) is 18.0 Å². The molecule has 0 saturated heterocycles. The van der Waals surface area contributed by atoms with Crippen molar-refractivity contribution < 1.29 is 13.9 Å². The van der Waals surface area contributed by atoms with Crippen LogP contribution in [0.25, 0.3) is 0 Å². The van der Waals surface area contributed by atoms with Crippen molar-refractivity contribution in [3.8, 4) is 5.75 Å². The molecule has 2 aromatic rings. The number of Topliss-reactive ketones (excluding diaryl/α,β-unsaturated/α-hetero) is 1. The van der Waals surface area contributed by atoms with Crippen molar-refractivity contribution in [2.75, 3.05) is 7.11 Å². The lowest BCUT2D eigenvalue weighted by Crippen LogP contribution is -2.05. The predicted octanol–water partition coefficient (Wildman–Crippen LogP) is 3.57. The highest BCUT2D eigenvalue weighted by Gasteiger charge is 2.11. The molecule has 0 amide bonds. The minimum absolute atomic E-state index is 0.122. The largest absolute Gasteiger partial charge is 0.496 e. The Bertz CT molecular complexity index is 605. The SMILES string of the molecule is COc1ccccc1CC(=O)c1ccc(C)c(F)c1. The number of carbonyl (C=O) groups is 1. The van der Waals surface area contributed by atoms with Gasteiger partial charge in [0.1, 0.15) is 11.6 Å². The summed E-state index contributed by atoms with van der Waals surface area (Å²) in [5.74, 6) is 0.192. The fourth-order valence-corrected chi connectivity index (χ4v) is 1.89. The normalized spacial score (nSPS) is 10.3. The second-order valence-electron chi connectivity index (χ2n) is 4.38. The average Bonchev–Trinajstić information content (AvgIpc) is 2.42. The number of aryl methyl sites for hydroxylation is 1. The Labute approximate surface area is 111 Å². The van der Waals surface area contributed by atoms with E-state index < -0.39 is 0 Å². The van der Waals surface area contributed by atoms with Crippen LogP contribution in [-0.2, 0) is 6.42 Å². The van der Waals surface area contributed by atoms with Gasteiger partial charge in [-0.25, -0.2) is 4.39 Å². The Balaban J connectivity index is 2.23. The number of methoxy groups -OCH3 is 1. The highest BCUT2D eigenvalue weighted by molar-refractivity contribution is 5.97. The molecule has 0 bridgehead atoms. The molecular weight excluding hydrogens is 243 g/mol. The van der Waals surface area contributed by atoms with E-state index >= 15 is 0 Å². The summed E-state index contributed by atoms with van der Waals surface area (Å²) in [6.45, 7) is 1.67. The molecule has 0 unspecified atom stereocenters. The second-order valence-corrected chi connectivity index (χ2v) is 4.38. The highest BCUT2D eigenvalue weighted by Crippen LogP contribution is 2.20. The van der Waals surface area contributed by atoms with E-state index in [0.717, 1.165) is 5.56 Å². The van der Waals surface area contributed by atoms with Crippen LogP contribution in [0.5, 0.6) is 5.75 Å². The fraction of sp³-hybridized carbons (Fsp3) is 0.188. The smallest absolute Gasteiger partial charge is 0.167 e. The molecule has 2 nitrogen and oxygen atoms in total. The molecule has 19 heavy (non-hydrogen) atoms. The van der Waals surface area contributed by atoms with E-state index in [9.17, 15) is 9.18 Å². The second kappa shape index (κ2) is 5.65. The van der Waals surface area contributed by atoms with Crippen LogP contribution in [0.4, 0.5) is 4.39 Å². The van der Waals surface area contributed by atoms with Gasteiger partial charge in [-0.05, 0) is 24.6 Å². The minimum Gasteiger partial charge on any atom is -0.496 e. The van der Waals surface area contributed by atoms with Gasteiger partial charge in [0.05, 0.1) is 7.11 Å². The molecule has 0 radical (unpaired) electrons. The average molecular weight is 258 g/mol. The van der Waals surface area contributed by atoms with Crippen LogP contribution < -0.4 is 4.74 Å². The molecule has 0 heterocycles. The molecule has 3 heteroatoms. The molecular formula is C16H15FO2. The molecule has 0 atom stereocenters. The first kappa shape index (κ1) is 13.3. The standard InChI is InChI=1S/C16H15FO2/c1-11-7-8-12(9-14(11)17)15(18)10-13-5-3-4-6-16(13)19-2/h3-9H,10H2,1-2H3. The third kappa shape index (κ3) is 2.99. The summed E-state index contributed by atoms with van der Waals surface area (Å²) < 4.78 is 18.6. The highest BCUT2D eigenvalue weighted by atomic mass is 19.1. The third-order valence-electron chi connectivity index (χ3n) is 3.04. The number of para-hydroxylation sites is 1. The number of benzene rings is 2.